The molecule has 0 saturated carbocycles. The molecule has 0 unspecified atom stereocenters. The van der Waals surface area contributed by atoms with Gasteiger partial charge in [-0.15, -0.1) is 0 Å². The number of fused-ring (bicyclic) bond motifs is 1. The summed E-state index contributed by atoms with van der Waals surface area (Å²) in [7, 11) is 0. The van der Waals surface area contributed by atoms with E-state index in [-0.39, 0.29) is 23.4 Å². The summed E-state index contributed by atoms with van der Waals surface area (Å²) < 4.78 is 7.39. The molecule has 2 N–H and O–H groups in total. The molecule has 1 aromatic carbocycles. The fraction of sp³-hybridized carbons (Fsp3) is 0.519. The van der Waals surface area contributed by atoms with Crippen LogP contribution in [0.25, 0.3) is 10.9 Å². The number of anilines is 2. The van der Waals surface area contributed by atoms with Crippen molar-refractivity contribution in [1.82, 2.24) is 19.4 Å². The molecule has 0 radical (unpaired) electrons. The molecule has 3 heterocycles. The SMILES string of the molecule is CCOc1ccc(CC(C)(C)Nc2nc(N3CCN(C(C)=O)CC3)nc3c(O)n(C(C)C)cc23)cc1. The normalized spacial score (nSPS) is 14.5. The van der Waals surface area contributed by atoms with E-state index in [9.17, 15) is 9.90 Å². The molecule has 0 atom stereocenters. The van der Waals surface area contributed by atoms with Gasteiger partial charge in [-0.05, 0) is 58.7 Å². The van der Waals surface area contributed by atoms with Crippen LogP contribution in [0.1, 0.15) is 53.1 Å². The van der Waals surface area contributed by atoms with Crippen LogP contribution in [-0.2, 0) is 11.2 Å². The summed E-state index contributed by atoms with van der Waals surface area (Å²) in [6.45, 7) is 15.1. The van der Waals surface area contributed by atoms with Crippen LogP contribution in [0, 0.1) is 0 Å². The van der Waals surface area contributed by atoms with E-state index in [4.69, 9.17) is 14.7 Å². The van der Waals surface area contributed by atoms with Gasteiger partial charge < -0.3 is 29.5 Å². The standard InChI is InChI=1S/C27H38N6O3/c1-7-36-21-10-8-20(9-11-21)16-27(5,6)30-24-22-17-33(18(2)3)25(35)23(22)28-26(29-24)32-14-12-31(13-15-32)19(4)34/h8-11,17-18,35H,7,12-16H2,1-6H3,(H,28,29,30). The molecular weight excluding hydrogens is 456 g/mol. The van der Waals surface area contributed by atoms with Gasteiger partial charge in [0.25, 0.3) is 0 Å². The zero-order valence-electron chi connectivity index (χ0n) is 22.2. The zero-order chi connectivity index (χ0) is 26.0. The Bertz CT molecular complexity index is 1210. The predicted octanol–water partition coefficient (Wildman–Crippen LogP) is 4.22. The van der Waals surface area contributed by atoms with Gasteiger partial charge in [0.2, 0.25) is 17.7 Å². The number of aromatic hydroxyl groups is 1. The van der Waals surface area contributed by atoms with Crippen molar-refractivity contribution in [3.8, 4) is 11.6 Å². The Morgan fingerprint density at radius 1 is 1.14 bits per heavy atom. The third kappa shape index (κ3) is 5.50. The highest BCUT2D eigenvalue weighted by Gasteiger charge is 2.27. The summed E-state index contributed by atoms with van der Waals surface area (Å²) >= 11 is 0. The van der Waals surface area contributed by atoms with Crippen LogP contribution in [0.2, 0.25) is 0 Å². The minimum absolute atomic E-state index is 0.0754. The number of aromatic nitrogens is 3. The lowest BCUT2D eigenvalue weighted by Gasteiger charge is -2.34. The molecule has 0 aliphatic carbocycles. The Morgan fingerprint density at radius 3 is 2.39 bits per heavy atom. The molecule has 1 fully saturated rings. The quantitative estimate of drug-likeness (QED) is 0.484. The molecule has 3 aromatic rings. The van der Waals surface area contributed by atoms with Crippen LogP contribution in [0.5, 0.6) is 11.6 Å². The lowest BCUT2D eigenvalue weighted by molar-refractivity contribution is -0.129. The minimum Gasteiger partial charge on any atom is -0.494 e. The molecule has 0 bridgehead atoms. The van der Waals surface area contributed by atoms with Crippen LogP contribution in [-0.4, -0.2) is 68.8 Å². The highest BCUT2D eigenvalue weighted by molar-refractivity contribution is 5.94. The van der Waals surface area contributed by atoms with Gasteiger partial charge in [0.15, 0.2) is 0 Å². The second-order valence-electron chi connectivity index (χ2n) is 10.3. The summed E-state index contributed by atoms with van der Waals surface area (Å²) in [6.07, 6.45) is 2.69. The van der Waals surface area contributed by atoms with Crippen LogP contribution < -0.4 is 15.0 Å². The van der Waals surface area contributed by atoms with Crippen molar-refractivity contribution in [3.05, 3.63) is 36.0 Å². The van der Waals surface area contributed by atoms with Crippen molar-refractivity contribution < 1.29 is 14.6 Å². The molecular formula is C27H38N6O3. The number of hydrogen-bond donors (Lipinski definition) is 2. The number of benzene rings is 1. The van der Waals surface area contributed by atoms with Gasteiger partial charge in [0, 0.05) is 50.9 Å². The third-order valence-corrected chi connectivity index (χ3v) is 6.56. The van der Waals surface area contributed by atoms with E-state index in [0.29, 0.717) is 50.1 Å². The second-order valence-corrected chi connectivity index (χ2v) is 10.3. The maximum absolute atomic E-state index is 11.8. The highest BCUT2D eigenvalue weighted by Crippen LogP contribution is 2.35. The Labute approximate surface area is 213 Å². The summed E-state index contributed by atoms with van der Waals surface area (Å²) in [5.41, 5.74) is 1.39. The first-order chi connectivity index (χ1) is 17.1. The number of amides is 1. The maximum Gasteiger partial charge on any atom is 0.228 e. The molecule has 0 spiro atoms. The molecule has 194 valence electrons. The molecule has 1 aliphatic heterocycles. The molecule has 4 rings (SSSR count). The van der Waals surface area contributed by atoms with Gasteiger partial charge in [-0.2, -0.15) is 4.98 Å². The van der Waals surface area contributed by atoms with Crippen molar-refractivity contribution in [2.75, 3.05) is 43.0 Å². The van der Waals surface area contributed by atoms with E-state index in [1.165, 1.54) is 5.56 Å². The van der Waals surface area contributed by atoms with Crippen LogP contribution in [0.15, 0.2) is 30.5 Å². The highest BCUT2D eigenvalue weighted by atomic mass is 16.5. The lowest BCUT2D eigenvalue weighted by atomic mass is 9.94. The largest absolute Gasteiger partial charge is 0.494 e. The summed E-state index contributed by atoms with van der Waals surface area (Å²) in [5.74, 6) is 2.33. The van der Waals surface area contributed by atoms with Crippen molar-refractivity contribution in [2.24, 2.45) is 0 Å². The third-order valence-electron chi connectivity index (χ3n) is 6.56. The smallest absolute Gasteiger partial charge is 0.228 e. The van der Waals surface area contributed by atoms with Crippen molar-refractivity contribution in [3.63, 3.8) is 0 Å². The monoisotopic (exact) mass is 494 g/mol. The van der Waals surface area contributed by atoms with Crippen molar-refractivity contribution in [1.29, 1.82) is 0 Å². The fourth-order valence-corrected chi connectivity index (χ4v) is 4.67. The number of rotatable bonds is 8. The number of piperazine rings is 1. The van der Waals surface area contributed by atoms with E-state index >= 15 is 0 Å². The van der Waals surface area contributed by atoms with E-state index in [0.717, 1.165) is 17.6 Å². The Kier molecular flexibility index (Phi) is 7.28. The Morgan fingerprint density at radius 2 is 1.81 bits per heavy atom. The summed E-state index contributed by atoms with van der Waals surface area (Å²) in [6, 6.07) is 8.25. The minimum atomic E-state index is -0.325. The fourth-order valence-electron chi connectivity index (χ4n) is 4.67. The van der Waals surface area contributed by atoms with Gasteiger partial charge in [-0.1, -0.05) is 12.1 Å². The Balaban J connectivity index is 1.65. The van der Waals surface area contributed by atoms with E-state index < -0.39 is 0 Å². The summed E-state index contributed by atoms with van der Waals surface area (Å²) in [4.78, 5) is 25.4. The lowest BCUT2D eigenvalue weighted by Crippen LogP contribution is -2.48. The molecule has 1 saturated heterocycles. The van der Waals surface area contributed by atoms with Crippen molar-refractivity contribution >= 4 is 28.6 Å². The number of nitrogens with one attached hydrogen (secondary N) is 1. The van der Waals surface area contributed by atoms with Gasteiger partial charge in [0.05, 0.1) is 12.0 Å². The molecule has 9 nitrogen and oxygen atoms in total. The molecule has 1 aliphatic rings. The Hall–Kier alpha value is -3.49. The predicted molar refractivity (Wildman–Crippen MR) is 143 cm³/mol. The molecule has 9 heteroatoms. The molecule has 2 aromatic heterocycles. The first-order valence-corrected chi connectivity index (χ1v) is 12.7. The van der Waals surface area contributed by atoms with Crippen LogP contribution in [0.4, 0.5) is 11.8 Å². The number of ether oxygens (including phenoxy) is 1. The number of hydrogen-bond acceptors (Lipinski definition) is 7. The van der Waals surface area contributed by atoms with E-state index in [2.05, 4.69) is 36.2 Å². The maximum atomic E-state index is 11.8. The molecule has 36 heavy (non-hydrogen) atoms. The number of carbonyl (C=O) groups excluding carboxylic acids is 1. The summed E-state index contributed by atoms with van der Waals surface area (Å²) in [5, 5.41) is 15.4. The number of nitrogens with zero attached hydrogens (tertiary/aromatic N) is 5. The van der Waals surface area contributed by atoms with Crippen LogP contribution >= 0.6 is 0 Å². The van der Waals surface area contributed by atoms with E-state index in [1.54, 1.807) is 6.92 Å². The van der Waals surface area contributed by atoms with Gasteiger partial charge in [-0.3, -0.25) is 4.79 Å². The first kappa shape index (κ1) is 25.6. The zero-order valence-corrected chi connectivity index (χ0v) is 22.2. The van der Waals surface area contributed by atoms with Crippen molar-refractivity contribution in [2.45, 2.75) is 59.5 Å². The topological polar surface area (TPSA) is 95.8 Å². The van der Waals surface area contributed by atoms with Gasteiger partial charge in [0.1, 0.15) is 17.1 Å². The average molecular weight is 495 g/mol. The molecule has 1 amide bonds. The van der Waals surface area contributed by atoms with Gasteiger partial charge >= 0.3 is 0 Å². The first-order valence-electron chi connectivity index (χ1n) is 12.7. The van der Waals surface area contributed by atoms with E-state index in [1.807, 2.05) is 48.6 Å². The van der Waals surface area contributed by atoms with Crippen LogP contribution in [0.3, 0.4) is 0 Å². The number of carbonyl (C=O) groups is 1. The second kappa shape index (κ2) is 10.2. The average Bonchev–Trinajstić information content (AvgIpc) is 3.17. The van der Waals surface area contributed by atoms with Gasteiger partial charge in [-0.25, -0.2) is 4.98 Å².